The minimum absolute atomic E-state index is 0.136. The number of hydrogen-bond donors (Lipinski definition) is 2. The van der Waals surface area contributed by atoms with Crippen LogP contribution in [0.15, 0.2) is 78.9 Å². The van der Waals surface area contributed by atoms with E-state index in [0.717, 1.165) is 34.7 Å². The van der Waals surface area contributed by atoms with Gasteiger partial charge in [-0.1, -0.05) is 69.2 Å². The molecule has 40 heavy (non-hydrogen) atoms. The van der Waals surface area contributed by atoms with Crippen LogP contribution in [0.4, 0.5) is 5.69 Å². The number of carbonyl (C=O) groups is 2. The van der Waals surface area contributed by atoms with Crippen molar-refractivity contribution in [1.29, 1.82) is 0 Å². The van der Waals surface area contributed by atoms with Crippen LogP contribution in [0.1, 0.15) is 57.1 Å². The molecule has 0 aliphatic rings. The van der Waals surface area contributed by atoms with Crippen LogP contribution in [0, 0.1) is 0 Å². The molecule has 0 radical (unpaired) electrons. The number of ether oxygens (including phenoxy) is 3. The standard InChI is InChI=1S/C30H36N2O6.C2H6/c1-36-26-18-16-23(17-19-26)21-32(25-11-5-3-6-12-25)30(34)28(14-7-4-8-15-29(33)31-35)38-22-24-10-9-13-27(20-24)37-2;1-2/h3,5-6,9-13,16-20,28,35H,4,7-8,14-15,21-22H2,1-2H3,(H,31,33);1-2H3. The Bertz CT molecular complexity index is 1140. The minimum atomic E-state index is -0.689. The van der Waals surface area contributed by atoms with Crippen LogP contribution in [-0.2, 0) is 27.5 Å². The molecule has 3 rings (SSSR count). The molecule has 2 N–H and O–H groups in total. The molecule has 2 amide bonds. The summed E-state index contributed by atoms with van der Waals surface area (Å²) in [5.41, 5.74) is 4.30. The normalized spacial score (nSPS) is 11.0. The molecule has 0 fully saturated rings. The molecule has 1 atom stereocenters. The monoisotopic (exact) mass is 550 g/mol. The highest BCUT2D eigenvalue weighted by Gasteiger charge is 2.26. The van der Waals surface area contributed by atoms with Crippen LogP contribution in [-0.4, -0.2) is 37.3 Å². The van der Waals surface area contributed by atoms with E-state index in [0.29, 0.717) is 25.8 Å². The molecule has 0 aliphatic carbocycles. The quantitative estimate of drug-likeness (QED) is 0.131. The predicted molar refractivity (Wildman–Crippen MR) is 157 cm³/mol. The van der Waals surface area contributed by atoms with Crippen molar-refractivity contribution in [2.24, 2.45) is 0 Å². The van der Waals surface area contributed by atoms with Crippen LogP contribution < -0.4 is 19.9 Å². The smallest absolute Gasteiger partial charge is 0.256 e. The number of nitrogens with one attached hydrogen (secondary N) is 1. The van der Waals surface area contributed by atoms with E-state index < -0.39 is 12.0 Å². The van der Waals surface area contributed by atoms with Gasteiger partial charge >= 0.3 is 0 Å². The van der Waals surface area contributed by atoms with E-state index in [1.54, 1.807) is 24.6 Å². The summed E-state index contributed by atoms with van der Waals surface area (Å²) in [6.07, 6.45) is 2.06. The third-order valence-corrected chi connectivity index (χ3v) is 6.19. The molecule has 216 valence electrons. The summed E-state index contributed by atoms with van der Waals surface area (Å²) in [5, 5.41) is 8.70. The fourth-order valence-corrected chi connectivity index (χ4v) is 4.08. The van der Waals surface area contributed by atoms with Gasteiger partial charge in [-0.3, -0.25) is 14.8 Å². The van der Waals surface area contributed by atoms with E-state index in [2.05, 4.69) is 0 Å². The van der Waals surface area contributed by atoms with Gasteiger partial charge in [0.2, 0.25) is 5.91 Å². The number of carbonyl (C=O) groups excluding carboxylic acids is 2. The Labute approximate surface area is 237 Å². The Balaban J connectivity index is 0.00000274. The maximum absolute atomic E-state index is 14.0. The summed E-state index contributed by atoms with van der Waals surface area (Å²) in [5.74, 6) is 0.923. The number of benzene rings is 3. The van der Waals surface area contributed by atoms with Crippen molar-refractivity contribution >= 4 is 17.5 Å². The first-order valence-corrected chi connectivity index (χ1v) is 13.7. The molecule has 3 aromatic carbocycles. The number of amides is 2. The fourth-order valence-electron chi connectivity index (χ4n) is 4.08. The lowest BCUT2D eigenvalue weighted by Crippen LogP contribution is -2.40. The van der Waals surface area contributed by atoms with Gasteiger partial charge in [-0.25, -0.2) is 5.48 Å². The number of rotatable bonds is 15. The Hall–Kier alpha value is -3.88. The average Bonchev–Trinajstić information content (AvgIpc) is 3.02. The van der Waals surface area contributed by atoms with Crippen molar-refractivity contribution in [3.63, 3.8) is 0 Å². The van der Waals surface area contributed by atoms with Crippen LogP contribution in [0.5, 0.6) is 11.5 Å². The summed E-state index contributed by atoms with van der Waals surface area (Å²) in [4.78, 5) is 27.1. The van der Waals surface area contributed by atoms with E-state index >= 15 is 0 Å². The van der Waals surface area contributed by atoms with Gasteiger partial charge in [-0.05, 0) is 60.4 Å². The molecule has 0 aromatic heterocycles. The van der Waals surface area contributed by atoms with Crippen molar-refractivity contribution in [2.75, 3.05) is 19.1 Å². The Kier molecular flexibility index (Phi) is 14.9. The van der Waals surface area contributed by atoms with E-state index in [-0.39, 0.29) is 18.9 Å². The lowest BCUT2D eigenvalue weighted by molar-refractivity contribution is -0.132. The first kappa shape index (κ1) is 32.3. The highest BCUT2D eigenvalue weighted by molar-refractivity contribution is 5.96. The molecule has 1 unspecified atom stereocenters. The molecule has 0 spiro atoms. The van der Waals surface area contributed by atoms with Gasteiger partial charge in [-0.15, -0.1) is 0 Å². The summed E-state index contributed by atoms with van der Waals surface area (Å²) in [7, 11) is 3.23. The first-order valence-electron chi connectivity index (χ1n) is 13.7. The number of hydrogen-bond acceptors (Lipinski definition) is 6. The second-order valence-electron chi connectivity index (χ2n) is 8.89. The van der Waals surface area contributed by atoms with Crippen molar-refractivity contribution in [1.82, 2.24) is 5.48 Å². The zero-order valence-electron chi connectivity index (χ0n) is 24.0. The average molecular weight is 551 g/mol. The van der Waals surface area contributed by atoms with Gasteiger partial charge in [0.15, 0.2) is 0 Å². The van der Waals surface area contributed by atoms with Crippen molar-refractivity contribution in [2.45, 2.75) is 65.2 Å². The van der Waals surface area contributed by atoms with Gasteiger partial charge < -0.3 is 19.1 Å². The number of hydroxylamine groups is 1. The highest BCUT2D eigenvalue weighted by Crippen LogP contribution is 2.23. The fraction of sp³-hybridized carbons (Fsp3) is 0.375. The van der Waals surface area contributed by atoms with Crippen LogP contribution in [0.2, 0.25) is 0 Å². The lowest BCUT2D eigenvalue weighted by Gasteiger charge is -2.28. The Morgan fingerprint density at radius 2 is 1.52 bits per heavy atom. The predicted octanol–water partition coefficient (Wildman–Crippen LogP) is 6.30. The summed E-state index contributed by atoms with van der Waals surface area (Å²) < 4.78 is 16.8. The molecule has 0 aliphatic heterocycles. The third-order valence-electron chi connectivity index (χ3n) is 6.19. The Morgan fingerprint density at radius 3 is 2.17 bits per heavy atom. The molecular formula is C32H42N2O6. The number of methoxy groups -OCH3 is 2. The first-order chi connectivity index (χ1) is 19.5. The largest absolute Gasteiger partial charge is 0.497 e. The third kappa shape index (κ3) is 10.7. The molecule has 8 nitrogen and oxygen atoms in total. The second kappa shape index (κ2) is 18.4. The van der Waals surface area contributed by atoms with E-state index in [1.807, 2.05) is 92.7 Å². The molecule has 3 aromatic rings. The van der Waals surface area contributed by atoms with Gasteiger partial charge in [0.1, 0.15) is 17.6 Å². The second-order valence-corrected chi connectivity index (χ2v) is 8.89. The van der Waals surface area contributed by atoms with Crippen LogP contribution in [0.3, 0.4) is 0 Å². The lowest BCUT2D eigenvalue weighted by atomic mass is 10.1. The van der Waals surface area contributed by atoms with E-state index in [1.165, 1.54) is 0 Å². The minimum Gasteiger partial charge on any atom is -0.497 e. The zero-order valence-corrected chi connectivity index (χ0v) is 24.0. The van der Waals surface area contributed by atoms with Gasteiger partial charge in [0.05, 0.1) is 27.4 Å². The summed E-state index contributed by atoms with van der Waals surface area (Å²) in [6, 6.07) is 24.8. The SMILES string of the molecule is CC.COc1ccc(CN(C(=O)C(CCCCCC(=O)NO)OCc2cccc(OC)c2)c2ccccc2)cc1. The molecule has 8 heteroatoms. The molecule has 0 heterocycles. The van der Waals surface area contributed by atoms with Gasteiger partial charge in [-0.2, -0.15) is 0 Å². The number of para-hydroxylation sites is 1. The van der Waals surface area contributed by atoms with Crippen molar-refractivity contribution in [3.8, 4) is 11.5 Å². The number of nitrogens with zero attached hydrogens (tertiary/aromatic N) is 1. The van der Waals surface area contributed by atoms with Gasteiger partial charge in [0.25, 0.3) is 5.91 Å². The maximum atomic E-state index is 14.0. The van der Waals surface area contributed by atoms with E-state index in [9.17, 15) is 9.59 Å². The van der Waals surface area contributed by atoms with Crippen LogP contribution >= 0.6 is 0 Å². The molecule has 0 saturated carbocycles. The zero-order chi connectivity index (χ0) is 29.2. The molecular weight excluding hydrogens is 508 g/mol. The highest BCUT2D eigenvalue weighted by atomic mass is 16.5. The molecule has 0 bridgehead atoms. The van der Waals surface area contributed by atoms with Crippen LogP contribution in [0.25, 0.3) is 0 Å². The number of unbranched alkanes of at least 4 members (excludes halogenated alkanes) is 2. The van der Waals surface area contributed by atoms with Crippen molar-refractivity contribution < 1.29 is 29.0 Å². The van der Waals surface area contributed by atoms with Crippen molar-refractivity contribution in [3.05, 3.63) is 90.0 Å². The summed E-state index contributed by atoms with van der Waals surface area (Å²) >= 11 is 0. The topological polar surface area (TPSA) is 97.3 Å². The van der Waals surface area contributed by atoms with Gasteiger partial charge in [0, 0.05) is 12.1 Å². The number of anilines is 1. The molecule has 0 saturated heterocycles. The maximum Gasteiger partial charge on any atom is 0.256 e. The Morgan fingerprint density at radius 1 is 0.825 bits per heavy atom. The van der Waals surface area contributed by atoms with E-state index in [4.69, 9.17) is 19.4 Å². The summed E-state index contributed by atoms with van der Waals surface area (Å²) in [6.45, 7) is 4.63.